The van der Waals surface area contributed by atoms with Crippen LogP contribution in [0.2, 0.25) is 5.15 Å². The summed E-state index contributed by atoms with van der Waals surface area (Å²) in [5.41, 5.74) is 1.58. The van der Waals surface area contributed by atoms with Gasteiger partial charge in [0.05, 0.1) is 16.8 Å². The highest BCUT2D eigenvalue weighted by molar-refractivity contribution is 6.30. The lowest BCUT2D eigenvalue weighted by molar-refractivity contribution is 0.122. The molecule has 1 atom stereocenters. The molecule has 1 fully saturated rings. The van der Waals surface area contributed by atoms with Crippen LogP contribution in [0.25, 0.3) is 16.7 Å². The zero-order chi connectivity index (χ0) is 24.0. The average molecular weight is 475 g/mol. The molecule has 0 radical (unpaired) electrons. The maximum absolute atomic E-state index is 14.5. The molecule has 4 heterocycles. The van der Waals surface area contributed by atoms with Crippen molar-refractivity contribution in [1.82, 2.24) is 24.4 Å². The summed E-state index contributed by atoms with van der Waals surface area (Å²) >= 11 is 6.03. The van der Waals surface area contributed by atoms with E-state index in [1.165, 1.54) is 15.5 Å². The molecule has 1 N–H and O–H groups in total. The number of anilines is 1. The minimum Gasteiger partial charge on any atom is -0.465 e. The van der Waals surface area contributed by atoms with Crippen LogP contribution in [0.1, 0.15) is 37.9 Å². The number of hydrogen-bond acceptors (Lipinski definition) is 6. The summed E-state index contributed by atoms with van der Waals surface area (Å²) in [6.07, 6.45) is 0.662. The number of amides is 1. The van der Waals surface area contributed by atoms with Crippen molar-refractivity contribution < 1.29 is 14.3 Å². The molecule has 4 rings (SSSR count). The SMILES string of the molecule is Cc1ccnc(C(C)C)c1-n1c(=O)nc(N2CCN(C(=O)O)[C@H](C)C2)c2cc(F)c(Cl)nc21. The molecular formula is C22H24ClFN6O3. The maximum Gasteiger partial charge on any atom is 0.407 e. The molecule has 174 valence electrons. The van der Waals surface area contributed by atoms with E-state index in [0.717, 1.165) is 5.56 Å². The van der Waals surface area contributed by atoms with Gasteiger partial charge in [0.1, 0.15) is 5.82 Å². The lowest BCUT2D eigenvalue weighted by atomic mass is 10.0. The Hall–Kier alpha value is -3.27. The summed E-state index contributed by atoms with van der Waals surface area (Å²) in [4.78, 5) is 40.9. The number of nitrogens with zero attached hydrogens (tertiary/aromatic N) is 6. The summed E-state index contributed by atoms with van der Waals surface area (Å²) in [5.74, 6) is -0.483. The van der Waals surface area contributed by atoms with Crippen LogP contribution in [-0.2, 0) is 0 Å². The zero-order valence-corrected chi connectivity index (χ0v) is 19.5. The Morgan fingerprint density at radius 3 is 2.67 bits per heavy atom. The summed E-state index contributed by atoms with van der Waals surface area (Å²) in [7, 11) is 0. The number of carboxylic acid groups (broad SMARTS) is 1. The number of rotatable bonds is 3. The largest absolute Gasteiger partial charge is 0.465 e. The van der Waals surface area contributed by atoms with Crippen LogP contribution in [-0.4, -0.2) is 61.3 Å². The third kappa shape index (κ3) is 3.99. The number of hydrogen-bond donors (Lipinski definition) is 1. The van der Waals surface area contributed by atoms with E-state index < -0.39 is 17.6 Å². The smallest absolute Gasteiger partial charge is 0.407 e. The first kappa shape index (κ1) is 22.9. The summed E-state index contributed by atoms with van der Waals surface area (Å²) in [5, 5.41) is 9.32. The van der Waals surface area contributed by atoms with Gasteiger partial charge in [0.2, 0.25) is 0 Å². The van der Waals surface area contributed by atoms with Gasteiger partial charge < -0.3 is 14.9 Å². The van der Waals surface area contributed by atoms with Crippen LogP contribution in [0, 0.1) is 12.7 Å². The predicted molar refractivity (Wildman–Crippen MR) is 123 cm³/mol. The number of aryl methyl sites for hydroxylation is 1. The molecular weight excluding hydrogens is 451 g/mol. The van der Waals surface area contributed by atoms with Crippen LogP contribution in [0.3, 0.4) is 0 Å². The van der Waals surface area contributed by atoms with Crippen molar-refractivity contribution in [2.75, 3.05) is 24.5 Å². The van der Waals surface area contributed by atoms with E-state index in [1.54, 1.807) is 24.1 Å². The van der Waals surface area contributed by atoms with Crippen LogP contribution < -0.4 is 10.6 Å². The number of pyridine rings is 2. The third-order valence-electron chi connectivity index (χ3n) is 5.86. The standard InChI is InChI=1S/C22H24ClFN6O3/c1-11(2)16-17(12(3)5-6-25-16)30-20-14(9-15(24)18(23)26-20)19(27-21(30)31)28-7-8-29(22(32)33)13(4)10-28/h5-6,9,11,13H,7-8,10H2,1-4H3,(H,32,33)/t13-/m1/s1. The molecule has 3 aromatic heterocycles. The second-order valence-electron chi connectivity index (χ2n) is 8.47. The Kier molecular flexibility index (Phi) is 5.96. The monoisotopic (exact) mass is 474 g/mol. The highest BCUT2D eigenvalue weighted by Crippen LogP contribution is 2.31. The minimum absolute atomic E-state index is 0.00222. The van der Waals surface area contributed by atoms with Gasteiger partial charge in [-0.25, -0.2) is 23.5 Å². The zero-order valence-electron chi connectivity index (χ0n) is 18.7. The van der Waals surface area contributed by atoms with E-state index in [9.17, 15) is 19.1 Å². The molecule has 0 unspecified atom stereocenters. The Morgan fingerprint density at radius 1 is 1.30 bits per heavy atom. The first-order valence-corrected chi connectivity index (χ1v) is 11.0. The molecule has 1 amide bonds. The third-order valence-corrected chi connectivity index (χ3v) is 6.12. The van der Waals surface area contributed by atoms with Gasteiger partial charge in [-0.2, -0.15) is 4.98 Å². The van der Waals surface area contributed by atoms with Crippen molar-refractivity contribution in [2.24, 2.45) is 0 Å². The molecule has 33 heavy (non-hydrogen) atoms. The normalized spacial score (nSPS) is 16.6. The predicted octanol–water partition coefficient (Wildman–Crippen LogP) is 3.59. The minimum atomic E-state index is -1.01. The molecule has 3 aromatic rings. The summed E-state index contributed by atoms with van der Waals surface area (Å²) < 4.78 is 15.9. The van der Waals surface area contributed by atoms with Gasteiger partial charge >= 0.3 is 11.8 Å². The average Bonchev–Trinajstić information content (AvgIpc) is 2.74. The van der Waals surface area contributed by atoms with Gasteiger partial charge in [0, 0.05) is 31.9 Å². The first-order valence-electron chi connectivity index (χ1n) is 10.6. The molecule has 11 heteroatoms. The van der Waals surface area contributed by atoms with Gasteiger partial charge in [-0.1, -0.05) is 25.4 Å². The fourth-order valence-electron chi connectivity index (χ4n) is 4.25. The van der Waals surface area contributed by atoms with Crippen molar-refractivity contribution in [2.45, 2.75) is 39.7 Å². The van der Waals surface area contributed by atoms with Gasteiger partial charge in [0.25, 0.3) is 0 Å². The van der Waals surface area contributed by atoms with E-state index in [0.29, 0.717) is 29.9 Å². The fourth-order valence-corrected chi connectivity index (χ4v) is 4.38. The van der Waals surface area contributed by atoms with E-state index in [-0.39, 0.29) is 35.1 Å². The second kappa shape index (κ2) is 8.58. The lowest BCUT2D eigenvalue weighted by Crippen LogP contribution is -2.54. The van der Waals surface area contributed by atoms with E-state index in [4.69, 9.17) is 11.6 Å². The first-order chi connectivity index (χ1) is 15.6. The van der Waals surface area contributed by atoms with Crippen LogP contribution in [0.4, 0.5) is 15.0 Å². The summed E-state index contributed by atoms with van der Waals surface area (Å²) in [6.45, 7) is 8.38. The molecule has 0 saturated carbocycles. The summed E-state index contributed by atoms with van der Waals surface area (Å²) in [6, 6.07) is 2.66. The number of piperazine rings is 1. The molecule has 0 spiro atoms. The molecule has 1 aliphatic rings. The van der Waals surface area contributed by atoms with E-state index in [1.807, 2.05) is 20.8 Å². The van der Waals surface area contributed by atoms with E-state index in [2.05, 4.69) is 15.0 Å². The van der Waals surface area contributed by atoms with Crippen molar-refractivity contribution >= 4 is 34.5 Å². The fraction of sp³-hybridized carbons (Fsp3) is 0.409. The Labute approximate surface area is 194 Å². The Balaban J connectivity index is 1.98. The highest BCUT2D eigenvalue weighted by atomic mass is 35.5. The molecule has 0 bridgehead atoms. The van der Waals surface area contributed by atoms with Crippen LogP contribution >= 0.6 is 11.6 Å². The topological polar surface area (TPSA) is 104 Å². The maximum atomic E-state index is 14.5. The van der Waals surface area contributed by atoms with Crippen molar-refractivity contribution in [3.63, 3.8) is 0 Å². The molecule has 0 aromatic carbocycles. The molecule has 9 nitrogen and oxygen atoms in total. The molecule has 1 saturated heterocycles. The highest BCUT2D eigenvalue weighted by Gasteiger charge is 2.30. The quantitative estimate of drug-likeness (QED) is 0.578. The van der Waals surface area contributed by atoms with Crippen LogP contribution in [0.15, 0.2) is 23.1 Å². The number of aromatic nitrogens is 4. The van der Waals surface area contributed by atoms with Gasteiger partial charge in [0.15, 0.2) is 16.6 Å². The Morgan fingerprint density at radius 2 is 2.03 bits per heavy atom. The van der Waals surface area contributed by atoms with Gasteiger partial charge in [-0.15, -0.1) is 0 Å². The Bertz CT molecular complexity index is 1310. The van der Waals surface area contributed by atoms with Gasteiger partial charge in [-0.3, -0.25) is 4.98 Å². The lowest BCUT2D eigenvalue weighted by Gasteiger charge is -2.39. The van der Waals surface area contributed by atoms with Crippen molar-refractivity contribution in [1.29, 1.82) is 0 Å². The van der Waals surface area contributed by atoms with Crippen LogP contribution in [0.5, 0.6) is 0 Å². The van der Waals surface area contributed by atoms with E-state index >= 15 is 0 Å². The molecule has 0 aliphatic carbocycles. The van der Waals surface area contributed by atoms with Crippen molar-refractivity contribution in [3.05, 3.63) is 51.0 Å². The second-order valence-corrected chi connectivity index (χ2v) is 8.83. The van der Waals surface area contributed by atoms with Crippen molar-refractivity contribution in [3.8, 4) is 5.69 Å². The van der Waals surface area contributed by atoms with Gasteiger partial charge in [-0.05, 0) is 37.5 Å². The number of halogens is 2. The number of carbonyl (C=O) groups is 1. The number of fused-ring (bicyclic) bond motifs is 1. The molecule has 1 aliphatic heterocycles.